The summed E-state index contributed by atoms with van der Waals surface area (Å²) in [7, 11) is 0. The molecule has 1 saturated heterocycles. The molecular formula is C16H22N4O. The molecule has 2 aliphatic rings. The maximum atomic E-state index is 5.44. The van der Waals surface area contributed by atoms with Gasteiger partial charge in [0.2, 0.25) is 0 Å². The first kappa shape index (κ1) is 13.1. The highest BCUT2D eigenvalue weighted by atomic mass is 16.5. The molecule has 0 atom stereocenters. The summed E-state index contributed by atoms with van der Waals surface area (Å²) in [4.78, 5) is 15.2. The number of anilines is 1. The molecule has 0 radical (unpaired) electrons. The van der Waals surface area contributed by atoms with Crippen LogP contribution in [0.15, 0.2) is 12.4 Å². The first-order chi connectivity index (χ1) is 10.4. The average molecular weight is 286 g/mol. The minimum Gasteiger partial charge on any atom is -0.378 e. The van der Waals surface area contributed by atoms with Crippen LogP contribution in [0.4, 0.5) is 5.69 Å². The van der Waals surface area contributed by atoms with Gasteiger partial charge in [0, 0.05) is 25.2 Å². The topological polar surface area (TPSA) is 54.0 Å². The van der Waals surface area contributed by atoms with Gasteiger partial charge in [-0.25, -0.2) is 9.97 Å². The van der Waals surface area contributed by atoms with E-state index in [1.807, 2.05) is 12.4 Å². The highest BCUT2D eigenvalue weighted by molar-refractivity contribution is 5.86. The van der Waals surface area contributed by atoms with E-state index in [2.05, 4.69) is 14.9 Å². The number of morpholine rings is 1. The third-order valence-corrected chi connectivity index (χ3v) is 4.75. The fraction of sp³-hybridized carbons (Fsp3) is 0.625. The molecule has 21 heavy (non-hydrogen) atoms. The molecule has 112 valence electrons. The number of nitrogens with zero attached hydrogens (tertiary/aromatic N) is 3. The quantitative estimate of drug-likeness (QED) is 0.922. The summed E-state index contributed by atoms with van der Waals surface area (Å²) in [6.45, 7) is 3.45. The Kier molecular flexibility index (Phi) is 3.51. The Bertz CT molecular complexity index is 612. The molecule has 1 aliphatic carbocycles. The van der Waals surface area contributed by atoms with Gasteiger partial charge in [-0.15, -0.1) is 0 Å². The second-order valence-electron chi connectivity index (χ2n) is 6.10. The Balaban J connectivity index is 1.68. The lowest BCUT2D eigenvalue weighted by molar-refractivity contribution is 0.123. The fourth-order valence-electron chi connectivity index (χ4n) is 3.53. The molecule has 5 heteroatoms. The van der Waals surface area contributed by atoms with E-state index in [9.17, 15) is 0 Å². The molecule has 0 bridgehead atoms. The number of fused-ring (bicyclic) bond motifs is 1. The number of aromatic amines is 1. The van der Waals surface area contributed by atoms with E-state index < -0.39 is 0 Å². The van der Waals surface area contributed by atoms with Crippen LogP contribution < -0.4 is 4.90 Å². The number of hydrogen-bond donors (Lipinski definition) is 1. The number of aromatic nitrogens is 3. The number of H-pyrrole nitrogens is 1. The summed E-state index contributed by atoms with van der Waals surface area (Å²) in [5.74, 6) is 0.600. The highest BCUT2D eigenvalue weighted by Crippen LogP contribution is 2.33. The third kappa shape index (κ3) is 2.50. The number of ether oxygens (including phenoxy) is 1. The van der Waals surface area contributed by atoms with E-state index in [4.69, 9.17) is 9.72 Å². The lowest BCUT2D eigenvalue weighted by Crippen LogP contribution is -2.36. The van der Waals surface area contributed by atoms with Gasteiger partial charge in [-0.1, -0.05) is 19.3 Å². The molecular weight excluding hydrogens is 264 g/mol. The molecule has 0 spiro atoms. The van der Waals surface area contributed by atoms with Crippen molar-refractivity contribution in [1.82, 2.24) is 15.0 Å². The molecule has 4 rings (SSSR count). The third-order valence-electron chi connectivity index (χ3n) is 4.75. The zero-order valence-electron chi connectivity index (χ0n) is 12.3. The van der Waals surface area contributed by atoms with Crippen molar-refractivity contribution < 1.29 is 4.74 Å². The maximum absolute atomic E-state index is 5.44. The number of hydrogen-bond acceptors (Lipinski definition) is 4. The summed E-state index contributed by atoms with van der Waals surface area (Å²) >= 11 is 0. The van der Waals surface area contributed by atoms with Crippen LogP contribution in [0.2, 0.25) is 0 Å². The van der Waals surface area contributed by atoms with Crippen LogP contribution in [-0.2, 0) is 4.74 Å². The highest BCUT2D eigenvalue weighted by Gasteiger charge is 2.20. The van der Waals surface area contributed by atoms with E-state index in [0.29, 0.717) is 5.92 Å². The molecule has 3 heterocycles. The molecule has 1 aliphatic heterocycles. The summed E-state index contributed by atoms with van der Waals surface area (Å²) in [5, 5.41) is 0. The normalized spacial score (nSPS) is 21.0. The molecule has 1 N–H and O–H groups in total. The van der Waals surface area contributed by atoms with Gasteiger partial charge in [-0.05, 0) is 12.8 Å². The Morgan fingerprint density at radius 3 is 2.76 bits per heavy atom. The zero-order valence-corrected chi connectivity index (χ0v) is 12.3. The van der Waals surface area contributed by atoms with Gasteiger partial charge in [-0.2, -0.15) is 0 Å². The molecule has 1 saturated carbocycles. The molecule has 5 nitrogen and oxygen atoms in total. The molecule has 2 fully saturated rings. The minimum absolute atomic E-state index is 0.600. The Labute approximate surface area is 124 Å². The van der Waals surface area contributed by atoms with Gasteiger partial charge in [-0.3, -0.25) is 0 Å². The average Bonchev–Trinajstić information content (AvgIpc) is 2.99. The molecule has 0 aromatic carbocycles. The van der Waals surface area contributed by atoms with E-state index >= 15 is 0 Å². The maximum Gasteiger partial charge on any atom is 0.158 e. The van der Waals surface area contributed by atoms with Crippen molar-refractivity contribution in [3.05, 3.63) is 18.1 Å². The first-order valence-corrected chi connectivity index (χ1v) is 8.08. The van der Waals surface area contributed by atoms with Crippen molar-refractivity contribution in [2.45, 2.75) is 38.0 Å². The number of nitrogens with one attached hydrogen (secondary N) is 1. The monoisotopic (exact) mass is 286 g/mol. The van der Waals surface area contributed by atoms with Crippen molar-refractivity contribution in [3.8, 4) is 0 Å². The van der Waals surface area contributed by atoms with Gasteiger partial charge >= 0.3 is 0 Å². The minimum atomic E-state index is 0.600. The molecule has 2 aromatic rings. The largest absolute Gasteiger partial charge is 0.378 e. The first-order valence-electron chi connectivity index (χ1n) is 8.08. The van der Waals surface area contributed by atoms with Crippen molar-refractivity contribution in [1.29, 1.82) is 0 Å². The van der Waals surface area contributed by atoms with Crippen LogP contribution >= 0.6 is 0 Å². The van der Waals surface area contributed by atoms with E-state index in [-0.39, 0.29) is 0 Å². The van der Waals surface area contributed by atoms with E-state index in [0.717, 1.165) is 37.5 Å². The Morgan fingerprint density at radius 1 is 1.14 bits per heavy atom. The molecule has 2 aromatic heterocycles. The molecule has 0 unspecified atom stereocenters. The standard InChI is InChI=1S/C16H22N4O/c1-2-4-12(5-3-1)13-10-17-16-15(19-13)14(11-18-16)20-6-8-21-9-7-20/h10-12H,1-9H2,(H,17,18). The summed E-state index contributed by atoms with van der Waals surface area (Å²) in [6, 6.07) is 0. The zero-order chi connectivity index (χ0) is 14.1. The fourth-order valence-corrected chi connectivity index (χ4v) is 3.53. The van der Waals surface area contributed by atoms with Gasteiger partial charge in [0.15, 0.2) is 5.65 Å². The van der Waals surface area contributed by atoms with E-state index in [1.54, 1.807) is 0 Å². The van der Waals surface area contributed by atoms with Gasteiger partial charge in [0.25, 0.3) is 0 Å². The van der Waals surface area contributed by atoms with Crippen LogP contribution in [0.25, 0.3) is 11.2 Å². The molecule has 0 amide bonds. The summed E-state index contributed by atoms with van der Waals surface area (Å²) in [5.41, 5.74) is 4.28. The predicted octanol–water partition coefficient (Wildman–Crippen LogP) is 2.84. The second kappa shape index (κ2) is 5.64. The van der Waals surface area contributed by atoms with Gasteiger partial charge in [0.05, 0.1) is 30.8 Å². The van der Waals surface area contributed by atoms with Crippen LogP contribution in [0.1, 0.15) is 43.7 Å². The van der Waals surface area contributed by atoms with E-state index in [1.165, 1.54) is 43.5 Å². The SMILES string of the molecule is c1nc2[nH]cc(N3CCOCC3)c2nc1C1CCCCC1. The second-order valence-corrected chi connectivity index (χ2v) is 6.10. The smallest absolute Gasteiger partial charge is 0.158 e. The Morgan fingerprint density at radius 2 is 1.95 bits per heavy atom. The van der Waals surface area contributed by atoms with Crippen LogP contribution in [-0.4, -0.2) is 41.3 Å². The van der Waals surface area contributed by atoms with Crippen molar-refractivity contribution in [2.75, 3.05) is 31.2 Å². The van der Waals surface area contributed by atoms with Gasteiger partial charge in [0.1, 0.15) is 5.52 Å². The summed E-state index contributed by atoms with van der Waals surface area (Å²) in [6.07, 6.45) is 10.6. The van der Waals surface area contributed by atoms with Crippen LogP contribution in [0, 0.1) is 0 Å². The van der Waals surface area contributed by atoms with Crippen molar-refractivity contribution in [3.63, 3.8) is 0 Å². The van der Waals surface area contributed by atoms with Crippen LogP contribution in [0.5, 0.6) is 0 Å². The van der Waals surface area contributed by atoms with Crippen molar-refractivity contribution >= 4 is 16.9 Å². The predicted molar refractivity (Wildman–Crippen MR) is 82.7 cm³/mol. The van der Waals surface area contributed by atoms with Crippen molar-refractivity contribution in [2.24, 2.45) is 0 Å². The Hall–Kier alpha value is -1.62. The number of rotatable bonds is 2. The van der Waals surface area contributed by atoms with Gasteiger partial charge < -0.3 is 14.6 Å². The lowest BCUT2D eigenvalue weighted by Gasteiger charge is -2.28. The lowest BCUT2D eigenvalue weighted by atomic mass is 9.87. The summed E-state index contributed by atoms with van der Waals surface area (Å²) < 4.78 is 5.44. The van der Waals surface area contributed by atoms with Crippen LogP contribution in [0.3, 0.4) is 0 Å².